The van der Waals surface area contributed by atoms with Crippen LogP contribution in [0.3, 0.4) is 0 Å². The molecule has 0 saturated heterocycles. The van der Waals surface area contributed by atoms with E-state index in [0.717, 1.165) is 16.9 Å². The molecule has 1 heterocycles. The number of benzene rings is 1. The maximum absolute atomic E-state index is 10.8. The van der Waals surface area contributed by atoms with Gasteiger partial charge < -0.3 is 14.6 Å². The molecule has 0 spiro atoms. The zero-order valence-electron chi connectivity index (χ0n) is 9.82. The molecule has 0 saturated carbocycles. The van der Waals surface area contributed by atoms with E-state index in [9.17, 15) is 4.79 Å². The molecule has 0 fully saturated rings. The van der Waals surface area contributed by atoms with Crippen LogP contribution >= 0.6 is 0 Å². The third-order valence-electron chi connectivity index (χ3n) is 2.64. The highest BCUT2D eigenvalue weighted by Gasteiger charge is 2.13. The van der Waals surface area contributed by atoms with E-state index in [0.29, 0.717) is 24.5 Å². The Bertz CT molecular complexity index is 488. The minimum absolute atomic E-state index is 0.296. The van der Waals surface area contributed by atoms with Crippen LogP contribution in [0, 0.1) is 6.92 Å². The second kappa shape index (κ2) is 4.49. The second-order valence-electron chi connectivity index (χ2n) is 3.98. The number of aryl methyl sites for hydroxylation is 1. The molecular weight excluding hydrogens is 220 g/mol. The van der Waals surface area contributed by atoms with E-state index in [4.69, 9.17) is 14.6 Å². The molecule has 1 aromatic rings. The molecule has 0 bridgehead atoms. The van der Waals surface area contributed by atoms with E-state index in [1.54, 1.807) is 13.0 Å². The summed E-state index contributed by atoms with van der Waals surface area (Å²) in [6.07, 6.45) is 1.63. The largest absolute Gasteiger partial charge is 0.486 e. The van der Waals surface area contributed by atoms with Gasteiger partial charge in [0.05, 0.1) is 0 Å². The molecule has 1 aliphatic heterocycles. The smallest absolute Gasteiger partial charge is 0.331 e. The SMILES string of the molecule is C/C(=C\c1cc2c(cc1C)OCCO2)C(=O)O. The van der Waals surface area contributed by atoms with Crippen molar-refractivity contribution in [1.29, 1.82) is 0 Å². The highest BCUT2D eigenvalue weighted by Crippen LogP contribution is 2.33. The zero-order valence-corrected chi connectivity index (χ0v) is 9.82. The molecule has 0 aromatic heterocycles. The predicted octanol–water partition coefficient (Wildman–Crippen LogP) is 2.25. The number of rotatable bonds is 2. The quantitative estimate of drug-likeness (QED) is 0.797. The van der Waals surface area contributed by atoms with Crippen LogP contribution in [0.25, 0.3) is 6.08 Å². The molecule has 0 radical (unpaired) electrons. The van der Waals surface area contributed by atoms with Gasteiger partial charge in [0.15, 0.2) is 11.5 Å². The lowest BCUT2D eigenvalue weighted by molar-refractivity contribution is -0.132. The van der Waals surface area contributed by atoms with Crippen LogP contribution in [0.1, 0.15) is 18.1 Å². The van der Waals surface area contributed by atoms with E-state index < -0.39 is 5.97 Å². The first kappa shape index (κ1) is 11.5. The summed E-state index contributed by atoms with van der Waals surface area (Å²) in [7, 11) is 0. The average molecular weight is 234 g/mol. The molecule has 17 heavy (non-hydrogen) atoms. The predicted molar refractivity (Wildman–Crippen MR) is 63.5 cm³/mol. The second-order valence-corrected chi connectivity index (χ2v) is 3.98. The third-order valence-corrected chi connectivity index (χ3v) is 2.64. The highest BCUT2D eigenvalue weighted by molar-refractivity contribution is 5.91. The van der Waals surface area contributed by atoms with Crippen molar-refractivity contribution in [3.8, 4) is 11.5 Å². The molecule has 0 aliphatic carbocycles. The van der Waals surface area contributed by atoms with Crippen LogP contribution in [0.2, 0.25) is 0 Å². The number of fused-ring (bicyclic) bond motifs is 1. The van der Waals surface area contributed by atoms with Crippen molar-refractivity contribution < 1.29 is 19.4 Å². The van der Waals surface area contributed by atoms with Crippen molar-refractivity contribution in [1.82, 2.24) is 0 Å². The average Bonchev–Trinajstić information content (AvgIpc) is 2.29. The minimum Gasteiger partial charge on any atom is -0.486 e. The topological polar surface area (TPSA) is 55.8 Å². The summed E-state index contributed by atoms with van der Waals surface area (Å²) in [5.41, 5.74) is 2.11. The van der Waals surface area contributed by atoms with Crippen molar-refractivity contribution in [2.24, 2.45) is 0 Å². The van der Waals surface area contributed by atoms with Crippen LogP contribution in [0.4, 0.5) is 0 Å². The number of ether oxygens (including phenoxy) is 2. The Morgan fingerprint density at radius 3 is 2.47 bits per heavy atom. The van der Waals surface area contributed by atoms with E-state index in [1.807, 2.05) is 19.1 Å². The summed E-state index contributed by atoms with van der Waals surface area (Å²) < 4.78 is 10.9. The van der Waals surface area contributed by atoms with Crippen LogP contribution in [0.15, 0.2) is 17.7 Å². The Balaban J connectivity index is 2.42. The molecule has 4 nitrogen and oxygen atoms in total. The Hall–Kier alpha value is -1.97. The number of carboxylic acids is 1. The molecular formula is C13H14O4. The lowest BCUT2D eigenvalue weighted by atomic mass is 10.0. The Morgan fingerprint density at radius 1 is 1.29 bits per heavy atom. The molecule has 1 aromatic carbocycles. The summed E-state index contributed by atoms with van der Waals surface area (Å²) >= 11 is 0. The van der Waals surface area contributed by atoms with Crippen LogP contribution in [-0.2, 0) is 4.79 Å². The van der Waals surface area contributed by atoms with Gasteiger partial charge >= 0.3 is 5.97 Å². The number of hydrogen-bond donors (Lipinski definition) is 1. The van der Waals surface area contributed by atoms with Crippen LogP contribution in [0.5, 0.6) is 11.5 Å². The Kier molecular flexibility index (Phi) is 3.04. The molecule has 1 aliphatic rings. The molecule has 2 rings (SSSR count). The van der Waals surface area contributed by atoms with Crippen LogP contribution < -0.4 is 9.47 Å². The molecule has 0 atom stereocenters. The first-order chi connectivity index (χ1) is 8.08. The standard InChI is InChI=1S/C13H14O4/c1-8-6-11-12(17-4-3-16-11)7-10(8)5-9(2)13(14)15/h5-7H,3-4H2,1-2H3,(H,14,15)/b9-5+. The lowest BCUT2D eigenvalue weighted by Gasteiger charge is -2.19. The summed E-state index contributed by atoms with van der Waals surface area (Å²) in [5.74, 6) is 0.476. The molecule has 0 amide bonds. The van der Waals surface area contributed by atoms with E-state index in [-0.39, 0.29) is 0 Å². The van der Waals surface area contributed by atoms with Gasteiger partial charge in [-0.2, -0.15) is 0 Å². The van der Waals surface area contributed by atoms with E-state index in [2.05, 4.69) is 0 Å². The van der Waals surface area contributed by atoms with Crippen molar-refractivity contribution in [3.05, 3.63) is 28.8 Å². The summed E-state index contributed by atoms with van der Waals surface area (Å²) in [6, 6.07) is 3.69. The lowest BCUT2D eigenvalue weighted by Crippen LogP contribution is -2.15. The Labute approximate surface area is 99.5 Å². The molecule has 4 heteroatoms. The van der Waals surface area contributed by atoms with Gasteiger partial charge in [-0.3, -0.25) is 0 Å². The number of carboxylic acid groups (broad SMARTS) is 1. The van der Waals surface area contributed by atoms with Crippen LogP contribution in [-0.4, -0.2) is 24.3 Å². The Morgan fingerprint density at radius 2 is 1.88 bits per heavy atom. The summed E-state index contributed by atoms with van der Waals surface area (Å²) in [6.45, 7) is 4.56. The summed E-state index contributed by atoms with van der Waals surface area (Å²) in [5, 5.41) is 8.85. The first-order valence-electron chi connectivity index (χ1n) is 5.40. The van der Waals surface area contributed by atoms with Gasteiger partial charge in [-0.05, 0) is 43.2 Å². The monoisotopic (exact) mass is 234 g/mol. The maximum Gasteiger partial charge on any atom is 0.331 e. The van der Waals surface area contributed by atoms with Crippen molar-refractivity contribution in [2.75, 3.05) is 13.2 Å². The highest BCUT2D eigenvalue weighted by atomic mass is 16.6. The van der Waals surface area contributed by atoms with Gasteiger partial charge in [0.25, 0.3) is 0 Å². The molecule has 0 unspecified atom stereocenters. The van der Waals surface area contributed by atoms with Gasteiger partial charge in [-0.25, -0.2) is 4.79 Å². The summed E-state index contributed by atoms with van der Waals surface area (Å²) in [4.78, 5) is 10.8. The molecule has 1 N–H and O–H groups in total. The first-order valence-corrected chi connectivity index (χ1v) is 5.40. The van der Waals surface area contributed by atoms with Gasteiger partial charge in [0.2, 0.25) is 0 Å². The zero-order chi connectivity index (χ0) is 12.4. The van der Waals surface area contributed by atoms with Crippen molar-refractivity contribution in [2.45, 2.75) is 13.8 Å². The minimum atomic E-state index is -0.917. The van der Waals surface area contributed by atoms with Gasteiger partial charge in [0, 0.05) is 5.57 Å². The number of aliphatic carboxylic acids is 1. The van der Waals surface area contributed by atoms with Gasteiger partial charge in [0.1, 0.15) is 13.2 Å². The number of carbonyl (C=O) groups is 1. The van der Waals surface area contributed by atoms with Crippen molar-refractivity contribution >= 4 is 12.0 Å². The van der Waals surface area contributed by atoms with Crippen molar-refractivity contribution in [3.63, 3.8) is 0 Å². The van der Waals surface area contributed by atoms with E-state index >= 15 is 0 Å². The third kappa shape index (κ3) is 2.41. The fourth-order valence-electron chi connectivity index (χ4n) is 1.66. The number of hydrogen-bond acceptors (Lipinski definition) is 3. The fraction of sp³-hybridized carbons (Fsp3) is 0.308. The normalized spacial score (nSPS) is 14.6. The van der Waals surface area contributed by atoms with Gasteiger partial charge in [-0.15, -0.1) is 0 Å². The molecule has 90 valence electrons. The van der Waals surface area contributed by atoms with E-state index in [1.165, 1.54) is 0 Å². The fourth-order valence-corrected chi connectivity index (χ4v) is 1.66. The maximum atomic E-state index is 10.8. The van der Waals surface area contributed by atoms with Gasteiger partial charge in [-0.1, -0.05) is 0 Å².